The maximum absolute atomic E-state index is 10.2. The van der Waals surface area contributed by atoms with E-state index in [1.54, 1.807) is 2.95 Å². The first-order chi connectivity index (χ1) is 4.86. The van der Waals surface area contributed by atoms with Crippen molar-refractivity contribution in [1.82, 2.24) is 2.95 Å². The van der Waals surface area contributed by atoms with E-state index in [1.165, 1.54) is 0 Å². The first kappa shape index (κ1) is 12.0. The summed E-state index contributed by atoms with van der Waals surface area (Å²) in [4.78, 5) is 0. The summed E-state index contributed by atoms with van der Waals surface area (Å²) in [5, 5.41) is 0. The highest BCUT2D eigenvalue weighted by Crippen LogP contribution is 2.26. The van der Waals surface area contributed by atoms with Crippen LogP contribution in [0, 0.1) is 0 Å². The molecule has 3 nitrogen and oxygen atoms in total. The van der Waals surface area contributed by atoms with Crippen LogP contribution in [0.1, 0.15) is 20.3 Å². The van der Waals surface area contributed by atoms with Crippen molar-refractivity contribution in [2.75, 3.05) is 5.75 Å². The Morgan fingerprint density at radius 1 is 1.55 bits per heavy atom. The average Bonchev–Trinajstić information content (AvgIpc) is 1.84. The van der Waals surface area contributed by atoms with Crippen molar-refractivity contribution < 1.29 is 8.76 Å². The molecule has 0 rings (SSSR count). The van der Waals surface area contributed by atoms with E-state index in [4.69, 9.17) is 0 Å². The maximum Gasteiger partial charge on any atom is 0.0383 e. The van der Waals surface area contributed by atoms with Gasteiger partial charge in [0.1, 0.15) is 0 Å². The van der Waals surface area contributed by atoms with Crippen molar-refractivity contribution >= 4 is 43.4 Å². The lowest BCUT2D eigenvalue weighted by atomic mass is 10.0. The molecule has 0 amide bonds. The molecule has 68 valence electrons. The summed E-state index contributed by atoms with van der Waals surface area (Å²) in [6.45, 7) is 3.87. The lowest BCUT2D eigenvalue weighted by Crippen LogP contribution is -2.31. The maximum atomic E-state index is 10.2. The van der Waals surface area contributed by atoms with E-state index >= 15 is 0 Å². The summed E-state index contributed by atoms with van der Waals surface area (Å²) in [5.41, 5.74) is -0.194. The molecule has 0 aliphatic carbocycles. The minimum atomic E-state index is -1.95. The van der Waals surface area contributed by atoms with Crippen LogP contribution in [-0.2, 0) is 11.1 Å². The molecule has 0 bridgehead atoms. The lowest BCUT2D eigenvalue weighted by molar-refractivity contribution is 0.374. The third-order valence-corrected chi connectivity index (χ3v) is 3.80. The number of hydrogen-bond acceptors (Lipinski definition) is 3. The first-order valence-electron chi connectivity index (χ1n) is 3.04. The van der Waals surface area contributed by atoms with Gasteiger partial charge in [-0.25, -0.2) is 0 Å². The van der Waals surface area contributed by atoms with Gasteiger partial charge in [-0.2, -0.15) is 2.95 Å². The molecular weight excluding hydrogens is 298 g/mol. The smallest absolute Gasteiger partial charge is 0.0383 e. The van der Waals surface area contributed by atoms with E-state index in [9.17, 15) is 8.76 Å². The number of rotatable bonds is 4. The van der Waals surface area contributed by atoms with Gasteiger partial charge >= 0.3 is 0 Å². The summed E-state index contributed by atoms with van der Waals surface area (Å²) in [6.07, 6.45) is 0.583. The number of halogens is 2. The molecule has 0 saturated heterocycles. The summed E-state index contributed by atoms with van der Waals surface area (Å²) < 4.78 is 22.1. The van der Waals surface area contributed by atoms with E-state index in [0.29, 0.717) is 6.42 Å². The monoisotopic (exact) mass is 306 g/mol. The first-order valence-corrected chi connectivity index (χ1v) is 5.70. The van der Waals surface area contributed by atoms with E-state index in [-0.39, 0.29) is 11.3 Å². The second-order valence-corrected chi connectivity index (χ2v) is 6.19. The molecule has 0 aromatic heterocycles. The van der Waals surface area contributed by atoms with Crippen molar-refractivity contribution in [3.05, 3.63) is 0 Å². The summed E-state index contributed by atoms with van der Waals surface area (Å²) >= 11 is 4.44. The Balaban J connectivity index is 3.82. The van der Waals surface area contributed by atoms with Gasteiger partial charge in [0.2, 0.25) is 0 Å². The van der Waals surface area contributed by atoms with E-state index in [1.807, 2.05) is 13.8 Å². The van der Waals surface area contributed by atoms with Crippen molar-refractivity contribution in [2.24, 2.45) is 0 Å². The topological polar surface area (TPSA) is 43.4 Å². The van der Waals surface area contributed by atoms with Gasteiger partial charge in [0, 0.05) is 43.6 Å². The summed E-state index contributed by atoms with van der Waals surface area (Å²) in [5.74, 6) is 0.181. The SMILES string of the molecule is CC(C)(CCS(=O)[O-])N(Br)Br. The summed E-state index contributed by atoms with van der Waals surface area (Å²) in [6, 6.07) is 0. The van der Waals surface area contributed by atoms with Gasteiger partial charge in [-0.1, -0.05) is 11.1 Å². The molecule has 0 aliphatic heterocycles. The Morgan fingerprint density at radius 3 is 2.27 bits per heavy atom. The molecule has 11 heavy (non-hydrogen) atoms. The molecule has 0 N–H and O–H groups in total. The Labute approximate surface area is 86.5 Å². The molecule has 0 heterocycles. The van der Waals surface area contributed by atoms with Crippen LogP contribution in [0.25, 0.3) is 0 Å². The molecule has 6 heteroatoms. The van der Waals surface area contributed by atoms with Gasteiger partial charge < -0.3 is 4.55 Å². The normalized spacial score (nSPS) is 15.5. The number of nitrogens with zero attached hydrogens (tertiary/aromatic N) is 1. The van der Waals surface area contributed by atoms with Crippen molar-refractivity contribution in [3.63, 3.8) is 0 Å². The molecule has 0 spiro atoms. The van der Waals surface area contributed by atoms with Crippen LogP contribution in [0.2, 0.25) is 0 Å². The van der Waals surface area contributed by atoms with Gasteiger partial charge in [-0.15, -0.1) is 0 Å². The van der Waals surface area contributed by atoms with Crippen molar-refractivity contribution in [2.45, 2.75) is 25.8 Å². The highest BCUT2D eigenvalue weighted by molar-refractivity contribution is 9.21. The molecule has 0 radical (unpaired) electrons. The van der Waals surface area contributed by atoms with E-state index < -0.39 is 11.1 Å². The molecular formula is C5H10Br2NO2S-. The zero-order chi connectivity index (χ0) is 9.07. The fraction of sp³-hybridized carbons (Fsp3) is 1.00. The molecule has 1 unspecified atom stereocenters. The Morgan fingerprint density at radius 2 is 2.00 bits per heavy atom. The molecule has 0 aromatic carbocycles. The largest absolute Gasteiger partial charge is 0.772 e. The minimum absolute atomic E-state index is 0.181. The third-order valence-electron chi connectivity index (χ3n) is 1.34. The number of hydrogen-bond donors (Lipinski definition) is 0. The van der Waals surface area contributed by atoms with Crippen LogP contribution < -0.4 is 0 Å². The quantitative estimate of drug-likeness (QED) is 0.589. The molecule has 0 saturated carbocycles. The van der Waals surface area contributed by atoms with Crippen LogP contribution in [0.4, 0.5) is 0 Å². The predicted molar refractivity (Wildman–Crippen MR) is 52.2 cm³/mol. The van der Waals surface area contributed by atoms with E-state index in [0.717, 1.165) is 0 Å². The van der Waals surface area contributed by atoms with Gasteiger partial charge in [0.05, 0.1) is 0 Å². The molecule has 0 aromatic rings. The Hall–Kier alpha value is 1.03. The van der Waals surface area contributed by atoms with Crippen molar-refractivity contribution in [1.29, 1.82) is 0 Å². The zero-order valence-electron chi connectivity index (χ0n) is 6.34. The van der Waals surface area contributed by atoms with Gasteiger partial charge in [-0.05, 0) is 20.3 Å². The Kier molecular flexibility index (Phi) is 5.37. The Bertz CT molecular complexity index is 151. The minimum Gasteiger partial charge on any atom is -0.772 e. The molecule has 0 fully saturated rings. The van der Waals surface area contributed by atoms with Crippen LogP contribution in [0.5, 0.6) is 0 Å². The van der Waals surface area contributed by atoms with E-state index in [2.05, 4.69) is 32.3 Å². The van der Waals surface area contributed by atoms with Gasteiger partial charge in [0.25, 0.3) is 0 Å². The lowest BCUT2D eigenvalue weighted by Gasteiger charge is -2.28. The second kappa shape index (κ2) is 4.91. The van der Waals surface area contributed by atoms with Crippen molar-refractivity contribution in [3.8, 4) is 0 Å². The van der Waals surface area contributed by atoms with Crippen LogP contribution in [0.15, 0.2) is 0 Å². The highest BCUT2D eigenvalue weighted by atomic mass is 79.9. The van der Waals surface area contributed by atoms with Gasteiger partial charge in [-0.3, -0.25) is 4.21 Å². The fourth-order valence-electron chi connectivity index (χ4n) is 0.418. The fourth-order valence-corrected chi connectivity index (χ4v) is 1.44. The van der Waals surface area contributed by atoms with Gasteiger partial charge in [0.15, 0.2) is 0 Å². The van der Waals surface area contributed by atoms with Crippen LogP contribution in [-0.4, -0.2) is 23.0 Å². The molecule has 1 atom stereocenters. The van der Waals surface area contributed by atoms with Crippen LogP contribution >= 0.6 is 32.3 Å². The third kappa shape index (κ3) is 5.30. The summed E-state index contributed by atoms with van der Waals surface area (Å²) in [7, 11) is 0. The molecule has 0 aliphatic rings. The van der Waals surface area contributed by atoms with Crippen LogP contribution in [0.3, 0.4) is 0 Å². The highest BCUT2D eigenvalue weighted by Gasteiger charge is 2.22. The zero-order valence-corrected chi connectivity index (χ0v) is 10.3. The average molecular weight is 308 g/mol. The predicted octanol–water partition coefficient (Wildman–Crippen LogP) is 1.96. The standard InChI is InChI=1S/C5H11Br2NO2S/c1-5(2,8(6)7)3-4-11(9)10/h3-4H2,1-2H3,(H,9,10)/p-1. The second-order valence-electron chi connectivity index (χ2n) is 2.80.